The number of hydrogen-bond donors (Lipinski definition) is 2. The third-order valence-electron chi connectivity index (χ3n) is 7.00. The Balaban J connectivity index is 1.65. The minimum absolute atomic E-state index is 0.0330. The van der Waals surface area contributed by atoms with Gasteiger partial charge >= 0.3 is 0 Å². The van der Waals surface area contributed by atoms with Crippen molar-refractivity contribution in [1.82, 2.24) is 19.8 Å². The van der Waals surface area contributed by atoms with Gasteiger partial charge in [-0.1, -0.05) is 6.92 Å². The Kier molecular flexibility index (Phi) is 6.81. The van der Waals surface area contributed by atoms with Crippen LogP contribution in [0.15, 0.2) is 23.1 Å². The summed E-state index contributed by atoms with van der Waals surface area (Å²) in [4.78, 5) is 33.2. The Hall–Kier alpha value is -2.45. The average molecular weight is 443 g/mol. The maximum atomic E-state index is 13.4. The molecule has 8 heteroatoms. The van der Waals surface area contributed by atoms with Crippen LogP contribution in [-0.4, -0.2) is 63.3 Å². The van der Waals surface area contributed by atoms with Crippen molar-refractivity contribution in [2.75, 3.05) is 19.8 Å². The molecule has 2 aromatic rings. The van der Waals surface area contributed by atoms with E-state index in [-0.39, 0.29) is 29.4 Å². The van der Waals surface area contributed by atoms with E-state index in [1.807, 2.05) is 0 Å². The molecule has 174 valence electrons. The highest BCUT2D eigenvalue weighted by atomic mass is 16.5. The zero-order valence-corrected chi connectivity index (χ0v) is 19.2. The number of fused-ring (bicyclic) bond motifs is 1. The zero-order chi connectivity index (χ0) is 22.8. The van der Waals surface area contributed by atoms with Gasteiger partial charge in [0, 0.05) is 37.4 Å². The fourth-order valence-corrected chi connectivity index (χ4v) is 5.03. The lowest BCUT2D eigenvalue weighted by Gasteiger charge is -2.38. The molecule has 2 atom stereocenters. The molecule has 0 radical (unpaired) electrons. The molecule has 2 N–H and O–H groups in total. The Labute approximate surface area is 188 Å². The maximum absolute atomic E-state index is 13.4. The largest absolute Gasteiger partial charge is 0.506 e. The Bertz CT molecular complexity index is 1020. The van der Waals surface area contributed by atoms with Crippen molar-refractivity contribution in [3.63, 3.8) is 0 Å². The van der Waals surface area contributed by atoms with E-state index in [1.54, 1.807) is 18.3 Å². The molecule has 1 amide bonds. The minimum atomic E-state index is -0.500. The third kappa shape index (κ3) is 4.52. The van der Waals surface area contributed by atoms with Crippen molar-refractivity contribution in [3.05, 3.63) is 34.2 Å². The molecule has 2 aromatic heterocycles. The summed E-state index contributed by atoms with van der Waals surface area (Å²) in [5.41, 5.74) is -0.289. The van der Waals surface area contributed by atoms with E-state index in [1.165, 1.54) is 4.57 Å². The summed E-state index contributed by atoms with van der Waals surface area (Å²) in [6.45, 7) is 8.75. The molecule has 1 saturated heterocycles. The predicted octanol–water partition coefficient (Wildman–Crippen LogP) is 2.52. The van der Waals surface area contributed by atoms with Crippen LogP contribution in [0.25, 0.3) is 11.0 Å². The molecule has 1 aliphatic heterocycles. The number of carbonyl (C=O) groups is 1. The number of hydrogen-bond acceptors (Lipinski definition) is 6. The molecule has 32 heavy (non-hydrogen) atoms. The lowest BCUT2D eigenvalue weighted by atomic mass is 9.87. The van der Waals surface area contributed by atoms with E-state index in [0.29, 0.717) is 43.3 Å². The summed E-state index contributed by atoms with van der Waals surface area (Å²) in [6.07, 6.45) is 5.49. The predicted molar refractivity (Wildman–Crippen MR) is 123 cm³/mol. The number of rotatable bonds is 5. The number of ether oxygens (including phenoxy) is 1. The molecule has 0 spiro atoms. The van der Waals surface area contributed by atoms with Crippen LogP contribution in [0.5, 0.6) is 5.75 Å². The molecular weight excluding hydrogens is 408 g/mol. The lowest BCUT2D eigenvalue weighted by Crippen LogP contribution is -2.51. The van der Waals surface area contributed by atoms with Gasteiger partial charge in [-0.05, 0) is 57.6 Å². The monoisotopic (exact) mass is 442 g/mol. The Morgan fingerprint density at radius 1 is 1.16 bits per heavy atom. The summed E-state index contributed by atoms with van der Waals surface area (Å²) in [7, 11) is 0. The van der Waals surface area contributed by atoms with Crippen molar-refractivity contribution < 1.29 is 14.6 Å². The molecule has 3 heterocycles. The van der Waals surface area contributed by atoms with Gasteiger partial charge in [0.2, 0.25) is 0 Å². The first-order chi connectivity index (χ1) is 15.4. The van der Waals surface area contributed by atoms with Crippen molar-refractivity contribution in [2.45, 2.75) is 71.1 Å². The third-order valence-corrected chi connectivity index (χ3v) is 7.00. The van der Waals surface area contributed by atoms with Crippen LogP contribution in [0, 0.1) is 5.92 Å². The first-order valence-corrected chi connectivity index (χ1v) is 11.7. The van der Waals surface area contributed by atoms with Crippen LogP contribution in [0.4, 0.5) is 0 Å². The average Bonchev–Trinajstić information content (AvgIpc) is 2.77. The second kappa shape index (κ2) is 9.58. The molecule has 8 nitrogen and oxygen atoms in total. The first kappa shape index (κ1) is 22.7. The molecule has 2 fully saturated rings. The maximum Gasteiger partial charge on any atom is 0.268 e. The van der Waals surface area contributed by atoms with E-state index in [2.05, 4.69) is 36.0 Å². The molecule has 1 aliphatic carbocycles. The Morgan fingerprint density at radius 2 is 1.84 bits per heavy atom. The number of aromatic nitrogens is 2. The molecule has 0 bridgehead atoms. The van der Waals surface area contributed by atoms with Gasteiger partial charge in [-0.25, -0.2) is 4.98 Å². The van der Waals surface area contributed by atoms with Crippen LogP contribution >= 0.6 is 0 Å². The van der Waals surface area contributed by atoms with Gasteiger partial charge in [-0.15, -0.1) is 0 Å². The van der Waals surface area contributed by atoms with E-state index >= 15 is 0 Å². The summed E-state index contributed by atoms with van der Waals surface area (Å²) in [5, 5.41) is 14.3. The SMILES string of the molecule is CC1CCC(NC(=O)c2c(O)c3cccnc3n(CCN3C(C)COCC3C)c2=O)CC1. The van der Waals surface area contributed by atoms with E-state index in [9.17, 15) is 14.7 Å². The van der Waals surface area contributed by atoms with Crippen LogP contribution < -0.4 is 10.9 Å². The highest BCUT2D eigenvalue weighted by Crippen LogP contribution is 2.27. The topological polar surface area (TPSA) is 96.7 Å². The molecule has 0 aromatic carbocycles. The number of nitrogens with zero attached hydrogens (tertiary/aromatic N) is 3. The lowest BCUT2D eigenvalue weighted by molar-refractivity contribution is -0.0377. The number of morpholine rings is 1. The van der Waals surface area contributed by atoms with Gasteiger partial charge in [0.1, 0.15) is 17.0 Å². The van der Waals surface area contributed by atoms with Gasteiger partial charge in [-0.2, -0.15) is 0 Å². The van der Waals surface area contributed by atoms with E-state index in [4.69, 9.17) is 4.74 Å². The van der Waals surface area contributed by atoms with Crippen molar-refractivity contribution in [1.29, 1.82) is 0 Å². The fourth-order valence-electron chi connectivity index (χ4n) is 5.03. The molecule has 1 saturated carbocycles. The van der Waals surface area contributed by atoms with E-state index in [0.717, 1.165) is 25.7 Å². The molecular formula is C24H34N4O4. The number of pyridine rings is 2. The van der Waals surface area contributed by atoms with Crippen LogP contribution in [-0.2, 0) is 11.3 Å². The van der Waals surface area contributed by atoms with Crippen LogP contribution in [0.2, 0.25) is 0 Å². The van der Waals surface area contributed by atoms with Gasteiger partial charge in [0.15, 0.2) is 0 Å². The highest BCUT2D eigenvalue weighted by molar-refractivity contribution is 6.01. The fraction of sp³-hybridized carbons (Fsp3) is 0.625. The van der Waals surface area contributed by atoms with Gasteiger partial charge in [0.05, 0.1) is 18.6 Å². The molecule has 4 rings (SSSR count). The Morgan fingerprint density at radius 3 is 2.53 bits per heavy atom. The van der Waals surface area contributed by atoms with Crippen LogP contribution in [0.1, 0.15) is 56.8 Å². The second-order valence-corrected chi connectivity index (χ2v) is 9.46. The highest BCUT2D eigenvalue weighted by Gasteiger charge is 2.28. The summed E-state index contributed by atoms with van der Waals surface area (Å²) >= 11 is 0. The van der Waals surface area contributed by atoms with Gasteiger partial charge in [0.25, 0.3) is 11.5 Å². The van der Waals surface area contributed by atoms with Gasteiger partial charge < -0.3 is 15.2 Å². The van der Waals surface area contributed by atoms with Crippen molar-refractivity contribution >= 4 is 16.9 Å². The summed E-state index contributed by atoms with van der Waals surface area (Å²) in [6, 6.07) is 3.91. The van der Waals surface area contributed by atoms with Crippen molar-refractivity contribution in [3.8, 4) is 5.75 Å². The van der Waals surface area contributed by atoms with Gasteiger partial charge in [-0.3, -0.25) is 19.1 Å². The standard InChI is InChI=1S/C24H34N4O4/c1-15-6-8-18(9-7-15)26-23(30)20-21(29)19-5-4-10-25-22(19)28(24(20)31)12-11-27-16(2)13-32-14-17(27)3/h4-5,10,15-18,29H,6-9,11-14H2,1-3H3,(H,26,30). The number of nitrogens with one attached hydrogen (secondary N) is 1. The minimum Gasteiger partial charge on any atom is -0.506 e. The van der Waals surface area contributed by atoms with Crippen molar-refractivity contribution in [2.24, 2.45) is 5.92 Å². The summed E-state index contributed by atoms with van der Waals surface area (Å²) < 4.78 is 7.14. The normalized spacial score (nSPS) is 26.8. The molecule has 2 aliphatic rings. The zero-order valence-electron chi connectivity index (χ0n) is 19.2. The number of amides is 1. The summed E-state index contributed by atoms with van der Waals surface area (Å²) in [5.74, 6) is -0.130. The quantitative estimate of drug-likeness (QED) is 0.739. The number of aromatic hydroxyl groups is 1. The second-order valence-electron chi connectivity index (χ2n) is 9.46. The number of carbonyl (C=O) groups excluding carboxylic acids is 1. The first-order valence-electron chi connectivity index (χ1n) is 11.7. The van der Waals surface area contributed by atoms with E-state index < -0.39 is 11.5 Å². The molecule has 2 unspecified atom stereocenters. The smallest absolute Gasteiger partial charge is 0.268 e. The van der Waals surface area contributed by atoms with Crippen LogP contribution in [0.3, 0.4) is 0 Å².